The van der Waals surface area contributed by atoms with Crippen LogP contribution in [0.15, 0.2) is 28.9 Å². The summed E-state index contributed by atoms with van der Waals surface area (Å²) in [5, 5.41) is 7.52. The van der Waals surface area contributed by atoms with Crippen LogP contribution in [0.3, 0.4) is 0 Å². The second-order valence-electron chi connectivity index (χ2n) is 6.31. The third-order valence-corrected chi connectivity index (χ3v) is 4.38. The molecule has 2 aromatic heterocycles. The number of rotatable bonds is 6. The lowest BCUT2D eigenvalue weighted by atomic mass is 10.1. The molecule has 0 spiro atoms. The van der Waals surface area contributed by atoms with E-state index in [-0.39, 0.29) is 0 Å². The molecule has 116 valence electrons. The zero-order valence-corrected chi connectivity index (χ0v) is 12.6. The lowest BCUT2D eigenvalue weighted by Gasteiger charge is -2.14. The fraction of sp³-hybridized carbons (Fsp3) is 0.562. The van der Waals surface area contributed by atoms with E-state index in [2.05, 4.69) is 25.3 Å². The number of hydrogen-bond acceptors (Lipinski definition) is 6. The highest BCUT2D eigenvalue weighted by molar-refractivity contribution is 5.33. The van der Waals surface area contributed by atoms with Crippen LogP contribution in [-0.4, -0.2) is 39.7 Å². The first-order chi connectivity index (χ1) is 10.9. The minimum Gasteiger partial charge on any atom is -0.370 e. The number of nitrogens with zero attached hydrogens (tertiary/aromatic N) is 4. The van der Waals surface area contributed by atoms with Crippen molar-refractivity contribution < 1.29 is 4.52 Å². The van der Waals surface area contributed by atoms with Gasteiger partial charge in [-0.3, -0.25) is 4.90 Å². The summed E-state index contributed by atoms with van der Waals surface area (Å²) in [6.07, 6.45) is 5.42. The van der Waals surface area contributed by atoms with Gasteiger partial charge in [0, 0.05) is 25.2 Å². The van der Waals surface area contributed by atoms with Crippen molar-refractivity contribution in [3.63, 3.8) is 0 Å². The van der Waals surface area contributed by atoms with Gasteiger partial charge in [0.25, 0.3) is 0 Å². The Morgan fingerprint density at radius 2 is 2.23 bits per heavy atom. The number of likely N-dealkylation sites (tertiary alicyclic amines) is 1. The molecule has 1 N–H and O–H groups in total. The molecule has 22 heavy (non-hydrogen) atoms. The van der Waals surface area contributed by atoms with Crippen LogP contribution in [0.2, 0.25) is 0 Å². The maximum absolute atomic E-state index is 5.32. The first kappa shape index (κ1) is 13.7. The van der Waals surface area contributed by atoms with Crippen LogP contribution < -0.4 is 5.32 Å². The molecule has 1 saturated heterocycles. The zero-order valence-electron chi connectivity index (χ0n) is 12.6. The maximum atomic E-state index is 5.32. The summed E-state index contributed by atoms with van der Waals surface area (Å²) in [5.41, 5.74) is 0. The van der Waals surface area contributed by atoms with Gasteiger partial charge in [-0.15, -0.1) is 0 Å². The molecule has 0 radical (unpaired) electrons. The van der Waals surface area contributed by atoms with E-state index in [4.69, 9.17) is 4.52 Å². The molecule has 4 rings (SSSR count). The summed E-state index contributed by atoms with van der Waals surface area (Å²) in [7, 11) is 0. The average molecular weight is 299 g/mol. The van der Waals surface area contributed by atoms with Crippen molar-refractivity contribution in [2.24, 2.45) is 5.92 Å². The monoisotopic (exact) mass is 299 g/mol. The van der Waals surface area contributed by atoms with Gasteiger partial charge in [-0.25, -0.2) is 4.98 Å². The molecule has 2 fully saturated rings. The number of anilines is 1. The van der Waals surface area contributed by atoms with Crippen LogP contribution in [-0.2, 0) is 6.54 Å². The standard InChI is InChI=1S/C16H21N5O/c1-2-7-17-14(3-1)18-9-12-6-8-21(10-12)11-15-19-16(22-20-15)13-4-5-13/h1-3,7,12-13H,4-6,8-11H2,(H,17,18)/t12-/m0/s1. The minimum absolute atomic E-state index is 0.537. The van der Waals surface area contributed by atoms with Gasteiger partial charge < -0.3 is 9.84 Å². The highest BCUT2D eigenvalue weighted by atomic mass is 16.5. The van der Waals surface area contributed by atoms with Crippen LogP contribution in [0.5, 0.6) is 0 Å². The predicted octanol–water partition coefficient (Wildman–Crippen LogP) is 2.28. The fourth-order valence-electron chi connectivity index (χ4n) is 2.97. The molecule has 1 aliphatic heterocycles. The van der Waals surface area contributed by atoms with Gasteiger partial charge in [-0.2, -0.15) is 4.98 Å². The molecular formula is C16H21N5O. The lowest BCUT2D eigenvalue weighted by molar-refractivity contribution is 0.300. The predicted molar refractivity (Wildman–Crippen MR) is 82.4 cm³/mol. The second-order valence-corrected chi connectivity index (χ2v) is 6.31. The Hall–Kier alpha value is -1.95. The Morgan fingerprint density at radius 1 is 1.27 bits per heavy atom. The number of hydrogen-bond donors (Lipinski definition) is 1. The molecule has 0 aromatic carbocycles. The van der Waals surface area contributed by atoms with Gasteiger partial charge in [0.05, 0.1) is 6.54 Å². The minimum atomic E-state index is 0.537. The smallest absolute Gasteiger partial charge is 0.229 e. The topological polar surface area (TPSA) is 67.1 Å². The van der Waals surface area contributed by atoms with Crippen LogP contribution >= 0.6 is 0 Å². The summed E-state index contributed by atoms with van der Waals surface area (Å²) in [4.78, 5) is 11.2. The van der Waals surface area contributed by atoms with E-state index in [1.54, 1.807) is 0 Å². The fourth-order valence-corrected chi connectivity index (χ4v) is 2.97. The van der Waals surface area contributed by atoms with Crippen molar-refractivity contribution in [3.8, 4) is 0 Å². The largest absolute Gasteiger partial charge is 0.370 e. The second kappa shape index (κ2) is 6.04. The SMILES string of the molecule is c1ccc(NC[C@@H]2CCN(Cc3noc(C4CC4)n3)C2)nc1. The lowest BCUT2D eigenvalue weighted by Crippen LogP contribution is -2.23. The first-order valence-electron chi connectivity index (χ1n) is 8.06. The maximum Gasteiger partial charge on any atom is 0.229 e. The summed E-state index contributed by atoms with van der Waals surface area (Å²) < 4.78 is 5.32. The van der Waals surface area contributed by atoms with Crippen LogP contribution in [0.1, 0.15) is 36.9 Å². The van der Waals surface area contributed by atoms with Crippen LogP contribution in [0.4, 0.5) is 5.82 Å². The number of pyridine rings is 1. The Morgan fingerprint density at radius 3 is 3.05 bits per heavy atom. The van der Waals surface area contributed by atoms with Crippen LogP contribution in [0.25, 0.3) is 0 Å². The molecular weight excluding hydrogens is 278 g/mol. The molecule has 2 aromatic rings. The third kappa shape index (κ3) is 3.27. The van der Waals surface area contributed by atoms with Gasteiger partial charge in [0.1, 0.15) is 5.82 Å². The molecule has 3 heterocycles. The van der Waals surface area contributed by atoms with Gasteiger partial charge in [-0.05, 0) is 43.9 Å². The third-order valence-electron chi connectivity index (χ3n) is 4.38. The van der Waals surface area contributed by atoms with E-state index < -0.39 is 0 Å². The quantitative estimate of drug-likeness (QED) is 0.882. The molecule has 0 bridgehead atoms. The molecule has 6 nitrogen and oxygen atoms in total. The molecule has 1 aliphatic carbocycles. The van der Waals surface area contributed by atoms with Gasteiger partial charge >= 0.3 is 0 Å². The van der Waals surface area contributed by atoms with E-state index in [0.29, 0.717) is 11.8 Å². The van der Waals surface area contributed by atoms with Crippen molar-refractivity contribution in [3.05, 3.63) is 36.1 Å². The molecule has 1 saturated carbocycles. The van der Waals surface area contributed by atoms with Gasteiger partial charge in [-0.1, -0.05) is 11.2 Å². The summed E-state index contributed by atoms with van der Waals surface area (Å²) in [6, 6.07) is 5.94. The van der Waals surface area contributed by atoms with E-state index in [1.807, 2.05) is 24.4 Å². The van der Waals surface area contributed by atoms with Crippen molar-refractivity contribution in [1.29, 1.82) is 0 Å². The van der Waals surface area contributed by atoms with E-state index in [9.17, 15) is 0 Å². The van der Waals surface area contributed by atoms with Crippen molar-refractivity contribution >= 4 is 5.82 Å². The molecule has 0 amide bonds. The van der Waals surface area contributed by atoms with Crippen LogP contribution in [0, 0.1) is 5.92 Å². The number of aromatic nitrogens is 3. The number of nitrogens with one attached hydrogen (secondary N) is 1. The summed E-state index contributed by atoms with van der Waals surface area (Å²) in [6.45, 7) is 3.94. The van der Waals surface area contributed by atoms with Crippen molar-refractivity contribution in [1.82, 2.24) is 20.0 Å². The average Bonchev–Trinajstić information content (AvgIpc) is 3.14. The summed E-state index contributed by atoms with van der Waals surface area (Å²) in [5.74, 6) is 3.81. The highest BCUT2D eigenvalue weighted by Gasteiger charge is 2.30. The Kier molecular flexibility index (Phi) is 3.76. The molecule has 0 unspecified atom stereocenters. The van der Waals surface area contributed by atoms with E-state index in [0.717, 1.165) is 43.7 Å². The van der Waals surface area contributed by atoms with Gasteiger partial charge in [0.15, 0.2) is 5.82 Å². The first-order valence-corrected chi connectivity index (χ1v) is 8.06. The highest BCUT2D eigenvalue weighted by Crippen LogP contribution is 2.38. The molecule has 6 heteroatoms. The molecule has 1 atom stereocenters. The van der Waals surface area contributed by atoms with Gasteiger partial charge in [0.2, 0.25) is 5.89 Å². The molecule has 2 aliphatic rings. The normalized spacial score (nSPS) is 22.1. The Balaban J connectivity index is 1.25. The summed E-state index contributed by atoms with van der Waals surface area (Å²) >= 11 is 0. The Labute approximate surface area is 129 Å². The zero-order chi connectivity index (χ0) is 14.8. The van der Waals surface area contributed by atoms with E-state index in [1.165, 1.54) is 19.3 Å². The van der Waals surface area contributed by atoms with E-state index >= 15 is 0 Å². The Bertz CT molecular complexity index is 610. The van der Waals surface area contributed by atoms with Crippen molar-refractivity contribution in [2.45, 2.75) is 31.7 Å². The van der Waals surface area contributed by atoms with Crippen molar-refractivity contribution in [2.75, 3.05) is 25.0 Å².